The summed E-state index contributed by atoms with van der Waals surface area (Å²) in [4.78, 5) is 37.5. The maximum Gasteiger partial charge on any atom is 0.257 e. The van der Waals surface area contributed by atoms with Gasteiger partial charge >= 0.3 is 0 Å². The topological polar surface area (TPSA) is 120 Å². The molecule has 1 saturated heterocycles. The second kappa shape index (κ2) is 11.4. The summed E-state index contributed by atoms with van der Waals surface area (Å²) in [5.74, 6) is 1.80. The molecule has 0 bridgehead atoms. The first-order chi connectivity index (χ1) is 17.5. The van der Waals surface area contributed by atoms with E-state index in [1.807, 2.05) is 36.4 Å². The van der Waals surface area contributed by atoms with Crippen molar-refractivity contribution in [1.29, 1.82) is 0 Å². The maximum absolute atomic E-state index is 13.0. The highest BCUT2D eigenvalue weighted by Crippen LogP contribution is 2.31. The first kappa shape index (κ1) is 24.8. The van der Waals surface area contributed by atoms with E-state index in [9.17, 15) is 14.7 Å². The zero-order chi connectivity index (χ0) is 25.5. The Balaban J connectivity index is 1.49. The van der Waals surface area contributed by atoms with Crippen LogP contribution < -0.4 is 20.3 Å². The normalized spacial score (nSPS) is 13.3. The fourth-order valence-corrected chi connectivity index (χ4v) is 4.00. The van der Waals surface area contributed by atoms with Gasteiger partial charge in [-0.1, -0.05) is 36.4 Å². The number of carbonyl (C=O) groups is 2. The number of phenolic OH excluding ortho intramolecular Hbond substituents is 1. The standard InChI is InChI=1S/C26H30N6O4/c1-18(33)27-11-12-28-22-17-23(30-25(29-22)19-7-4-3-5-8-19)31-13-15-32(16-14-31)26(35)20-9-6-10-21(36-2)24(20)34/h3-10,17,34H,11-16H2,1-2H3,(H,27,33)(H,28,29,30). The first-order valence-corrected chi connectivity index (χ1v) is 11.8. The number of nitrogens with one attached hydrogen (secondary N) is 2. The van der Waals surface area contributed by atoms with Crippen LogP contribution >= 0.6 is 0 Å². The lowest BCUT2D eigenvalue weighted by Crippen LogP contribution is -2.49. The number of amides is 2. The summed E-state index contributed by atoms with van der Waals surface area (Å²) < 4.78 is 5.13. The van der Waals surface area contributed by atoms with Gasteiger partial charge in [0.1, 0.15) is 11.6 Å². The zero-order valence-corrected chi connectivity index (χ0v) is 20.4. The molecule has 4 rings (SSSR count). The number of phenols is 1. The Hall–Kier alpha value is -4.34. The minimum Gasteiger partial charge on any atom is -0.504 e. The van der Waals surface area contributed by atoms with Crippen LogP contribution in [0.5, 0.6) is 11.5 Å². The Kier molecular flexibility index (Phi) is 7.84. The van der Waals surface area contributed by atoms with Crippen molar-refractivity contribution in [2.75, 3.05) is 56.6 Å². The van der Waals surface area contributed by atoms with Crippen LogP contribution in [0.25, 0.3) is 11.4 Å². The lowest BCUT2D eigenvalue weighted by molar-refractivity contribution is -0.118. The molecule has 188 valence electrons. The third kappa shape index (κ3) is 5.83. The van der Waals surface area contributed by atoms with Gasteiger partial charge in [-0.3, -0.25) is 9.59 Å². The van der Waals surface area contributed by atoms with Crippen molar-refractivity contribution in [1.82, 2.24) is 20.2 Å². The van der Waals surface area contributed by atoms with E-state index in [-0.39, 0.29) is 28.9 Å². The Labute approximate surface area is 209 Å². The molecule has 2 heterocycles. The lowest BCUT2D eigenvalue weighted by Gasteiger charge is -2.35. The average Bonchev–Trinajstić information content (AvgIpc) is 2.91. The second-order valence-corrected chi connectivity index (χ2v) is 8.35. The van der Waals surface area contributed by atoms with E-state index < -0.39 is 0 Å². The molecule has 2 aromatic carbocycles. The quantitative estimate of drug-likeness (QED) is 0.412. The number of benzene rings is 2. The van der Waals surface area contributed by atoms with E-state index in [1.165, 1.54) is 14.0 Å². The van der Waals surface area contributed by atoms with Gasteiger partial charge in [0, 0.05) is 57.8 Å². The van der Waals surface area contributed by atoms with Crippen molar-refractivity contribution in [3.05, 3.63) is 60.2 Å². The molecule has 0 spiro atoms. The number of para-hydroxylation sites is 1. The molecule has 0 unspecified atom stereocenters. The van der Waals surface area contributed by atoms with Crippen molar-refractivity contribution >= 4 is 23.5 Å². The van der Waals surface area contributed by atoms with Crippen LogP contribution in [-0.4, -0.2) is 78.2 Å². The predicted molar refractivity (Wildman–Crippen MR) is 137 cm³/mol. The van der Waals surface area contributed by atoms with Crippen LogP contribution in [0, 0.1) is 0 Å². The molecule has 1 fully saturated rings. The number of piperazine rings is 1. The number of hydrogen-bond donors (Lipinski definition) is 3. The van der Waals surface area contributed by atoms with Crippen molar-refractivity contribution < 1.29 is 19.4 Å². The molecule has 0 atom stereocenters. The molecular weight excluding hydrogens is 460 g/mol. The summed E-state index contributed by atoms with van der Waals surface area (Å²) in [6.07, 6.45) is 0. The van der Waals surface area contributed by atoms with Gasteiger partial charge in [0.2, 0.25) is 5.91 Å². The second-order valence-electron chi connectivity index (χ2n) is 8.35. The minimum absolute atomic E-state index is 0.0835. The van der Waals surface area contributed by atoms with Gasteiger partial charge in [0.15, 0.2) is 17.3 Å². The van der Waals surface area contributed by atoms with Crippen LogP contribution in [0.4, 0.5) is 11.6 Å². The number of nitrogens with zero attached hydrogens (tertiary/aromatic N) is 4. The summed E-state index contributed by atoms with van der Waals surface area (Å²) in [5, 5.41) is 16.4. The van der Waals surface area contributed by atoms with E-state index >= 15 is 0 Å². The number of anilines is 2. The molecule has 3 N–H and O–H groups in total. The highest BCUT2D eigenvalue weighted by molar-refractivity contribution is 5.97. The fourth-order valence-electron chi connectivity index (χ4n) is 4.00. The summed E-state index contributed by atoms with van der Waals surface area (Å²) >= 11 is 0. The highest BCUT2D eigenvalue weighted by Gasteiger charge is 2.26. The molecular formula is C26H30N6O4. The Morgan fingerprint density at radius 1 is 1.00 bits per heavy atom. The zero-order valence-electron chi connectivity index (χ0n) is 20.4. The largest absolute Gasteiger partial charge is 0.504 e. The van der Waals surface area contributed by atoms with Crippen LogP contribution in [0.3, 0.4) is 0 Å². The number of methoxy groups -OCH3 is 1. The molecule has 0 radical (unpaired) electrons. The highest BCUT2D eigenvalue weighted by atomic mass is 16.5. The molecule has 10 heteroatoms. The minimum atomic E-state index is -0.237. The molecule has 36 heavy (non-hydrogen) atoms. The van der Waals surface area contributed by atoms with Gasteiger partial charge in [-0.2, -0.15) is 0 Å². The Morgan fingerprint density at radius 3 is 2.44 bits per heavy atom. The summed E-state index contributed by atoms with van der Waals surface area (Å²) in [6.45, 7) is 4.59. The van der Waals surface area contributed by atoms with Crippen LogP contribution in [0.2, 0.25) is 0 Å². The van der Waals surface area contributed by atoms with Crippen molar-refractivity contribution in [2.45, 2.75) is 6.92 Å². The number of hydrogen-bond acceptors (Lipinski definition) is 8. The molecule has 1 aromatic heterocycles. The lowest BCUT2D eigenvalue weighted by atomic mass is 10.1. The Morgan fingerprint density at radius 2 is 1.75 bits per heavy atom. The van der Waals surface area contributed by atoms with E-state index in [0.29, 0.717) is 50.9 Å². The first-order valence-electron chi connectivity index (χ1n) is 11.8. The maximum atomic E-state index is 13.0. The van der Waals surface area contributed by atoms with Gasteiger partial charge in [0.25, 0.3) is 5.91 Å². The predicted octanol–water partition coefficient (Wildman–Crippen LogP) is 2.37. The van der Waals surface area contributed by atoms with Crippen molar-refractivity contribution in [3.63, 3.8) is 0 Å². The number of rotatable bonds is 8. The third-order valence-corrected chi connectivity index (χ3v) is 5.89. The van der Waals surface area contributed by atoms with Crippen molar-refractivity contribution in [3.8, 4) is 22.9 Å². The summed E-state index contributed by atoms with van der Waals surface area (Å²) in [7, 11) is 1.45. The van der Waals surface area contributed by atoms with Gasteiger partial charge in [0.05, 0.1) is 12.7 Å². The number of aromatic nitrogens is 2. The average molecular weight is 491 g/mol. The molecule has 0 saturated carbocycles. The monoisotopic (exact) mass is 490 g/mol. The number of carbonyl (C=O) groups excluding carboxylic acids is 2. The van der Waals surface area contributed by atoms with E-state index in [1.54, 1.807) is 23.1 Å². The smallest absolute Gasteiger partial charge is 0.257 e. The van der Waals surface area contributed by atoms with Gasteiger partial charge in [-0.15, -0.1) is 0 Å². The summed E-state index contributed by atoms with van der Waals surface area (Å²) in [6, 6.07) is 16.5. The molecule has 2 amide bonds. The van der Waals surface area contributed by atoms with Crippen molar-refractivity contribution in [2.24, 2.45) is 0 Å². The molecule has 3 aromatic rings. The molecule has 0 aliphatic carbocycles. The molecule has 1 aliphatic rings. The van der Waals surface area contributed by atoms with Gasteiger partial charge in [-0.25, -0.2) is 9.97 Å². The molecule has 10 nitrogen and oxygen atoms in total. The van der Waals surface area contributed by atoms with Crippen LogP contribution in [-0.2, 0) is 4.79 Å². The van der Waals surface area contributed by atoms with Crippen LogP contribution in [0.15, 0.2) is 54.6 Å². The molecule has 1 aliphatic heterocycles. The van der Waals surface area contributed by atoms with Crippen LogP contribution in [0.1, 0.15) is 17.3 Å². The number of ether oxygens (including phenoxy) is 1. The Bertz CT molecular complexity index is 1210. The summed E-state index contributed by atoms with van der Waals surface area (Å²) in [5.41, 5.74) is 1.12. The fraction of sp³-hybridized carbons (Fsp3) is 0.308. The number of aromatic hydroxyl groups is 1. The SMILES string of the molecule is COc1cccc(C(=O)N2CCN(c3cc(NCCNC(C)=O)nc(-c4ccccc4)n3)CC2)c1O. The van der Waals surface area contributed by atoms with Gasteiger partial charge < -0.3 is 30.3 Å². The van der Waals surface area contributed by atoms with E-state index in [0.717, 1.165) is 11.4 Å². The third-order valence-electron chi connectivity index (χ3n) is 5.89. The van der Waals surface area contributed by atoms with E-state index in [4.69, 9.17) is 9.72 Å². The van der Waals surface area contributed by atoms with Gasteiger partial charge in [-0.05, 0) is 12.1 Å². The van der Waals surface area contributed by atoms with E-state index in [2.05, 4.69) is 20.5 Å².